The fourth-order valence-electron chi connectivity index (χ4n) is 3.18. The molecule has 1 fully saturated rings. The summed E-state index contributed by atoms with van der Waals surface area (Å²) in [5.74, 6) is -0.865. The van der Waals surface area contributed by atoms with Gasteiger partial charge in [0.1, 0.15) is 31.0 Å². The van der Waals surface area contributed by atoms with E-state index in [0.717, 1.165) is 5.56 Å². The fourth-order valence-corrected chi connectivity index (χ4v) is 3.18. The van der Waals surface area contributed by atoms with Gasteiger partial charge in [-0.1, -0.05) is 30.3 Å². The second-order valence-corrected chi connectivity index (χ2v) is 6.90. The molecule has 1 aromatic carbocycles. The molecule has 0 bridgehead atoms. The zero-order valence-electron chi connectivity index (χ0n) is 15.9. The quantitative estimate of drug-likeness (QED) is 0.368. The van der Waals surface area contributed by atoms with Crippen LogP contribution in [0.3, 0.4) is 0 Å². The summed E-state index contributed by atoms with van der Waals surface area (Å²) in [6.45, 7) is 2.17. The number of rotatable bonds is 8. The van der Waals surface area contributed by atoms with Crippen LogP contribution < -0.4 is 10.6 Å². The van der Waals surface area contributed by atoms with Crippen molar-refractivity contribution >= 4 is 11.8 Å². The summed E-state index contributed by atoms with van der Waals surface area (Å²) in [5.41, 5.74) is 1.08. The van der Waals surface area contributed by atoms with Crippen LogP contribution in [-0.4, -0.2) is 77.0 Å². The minimum Gasteiger partial charge on any atom is -0.394 e. The first-order valence-corrected chi connectivity index (χ1v) is 9.16. The van der Waals surface area contributed by atoms with Gasteiger partial charge in [0.05, 0.1) is 6.61 Å². The lowest BCUT2D eigenvalue weighted by molar-refractivity contribution is -0.261. The van der Waals surface area contributed by atoms with Gasteiger partial charge in [-0.05, 0) is 18.9 Å². The first-order chi connectivity index (χ1) is 13.3. The SMILES string of the molecule is CC(=O)N[C@H]1C(O)O[C@H](CO)[C@@H](O)[C@@H]1OCC(=O)NC(C)Cc1ccccc1. The van der Waals surface area contributed by atoms with Crippen molar-refractivity contribution < 1.29 is 34.4 Å². The normalized spacial score (nSPS) is 28.4. The Balaban J connectivity index is 1.92. The number of amides is 2. The highest BCUT2D eigenvalue weighted by Gasteiger charge is 2.45. The van der Waals surface area contributed by atoms with Crippen molar-refractivity contribution in [3.63, 3.8) is 0 Å². The van der Waals surface area contributed by atoms with Gasteiger partial charge < -0.3 is 35.4 Å². The Morgan fingerprint density at radius 3 is 2.54 bits per heavy atom. The molecule has 2 unspecified atom stereocenters. The largest absolute Gasteiger partial charge is 0.394 e. The van der Waals surface area contributed by atoms with Crippen molar-refractivity contribution in [2.24, 2.45) is 0 Å². The summed E-state index contributed by atoms with van der Waals surface area (Å²) in [6.07, 6.45) is -4.40. The number of aliphatic hydroxyl groups is 3. The van der Waals surface area contributed by atoms with Crippen LogP contribution >= 0.6 is 0 Å². The first kappa shape index (κ1) is 22.3. The molecular formula is C19H28N2O7. The Labute approximate surface area is 163 Å². The average molecular weight is 396 g/mol. The Bertz CT molecular complexity index is 642. The summed E-state index contributed by atoms with van der Waals surface area (Å²) >= 11 is 0. The number of carbonyl (C=O) groups is 2. The van der Waals surface area contributed by atoms with E-state index in [1.807, 2.05) is 37.3 Å². The van der Waals surface area contributed by atoms with Gasteiger partial charge >= 0.3 is 0 Å². The van der Waals surface area contributed by atoms with Crippen LogP contribution in [0.5, 0.6) is 0 Å². The van der Waals surface area contributed by atoms with Crippen LogP contribution in [-0.2, 0) is 25.5 Å². The predicted octanol–water partition coefficient (Wildman–Crippen LogP) is -1.31. The minimum atomic E-state index is -1.49. The fraction of sp³-hybridized carbons (Fsp3) is 0.579. The van der Waals surface area contributed by atoms with Crippen LogP contribution in [0.25, 0.3) is 0 Å². The lowest BCUT2D eigenvalue weighted by atomic mass is 9.96. The smallest absolute Gasteiger partial charge is 0.246 e. The maximum absolute atomic E-state index is 12.2. The molecule has 0 spiro atoms. The molecule has 9 heteroatoms. The number of ether oxygens (including phenoxy) is 2. The van der Waals surface area contributed by atoms with Gasteiger partial charge in [-0.3, -0.25) is 9.59 Å². The molecule has 0 aromatic heterocycles. The Morgan fingerprint density at radius 2 is 1.93 bits per heavy atom. The second kappa shape index (κ2) is 10.5. The van der Waals surface area contributed by atoms with Gasteiger partial charge in [-0.2, -0.15) is 0 Å². The van der Waals surface area contributed by atoms with Gasteiger partial charge in [0.25, 0.3) is 0 Å². The molecule has 5 N–H and O–H groups in total. The molecule has 0 saturated carbocycles. The summed E-state index contributed by atoms with van der Waals surface area (Å²) in [6, 6.07) is 8.47. The highest BCUT2D eigenvalue weighted by molar-refractivity contribution is 5.77. The highest BCUT2D eigenvalue weighted by atomic mass is 16.6. The van der Waals surface area contributed by atoms with E-state index in [0.29, 0.717) is 6.42 Å². The molecule has 2 amide bonds. The van der Waals surface area contributed by atoms with E-state index >= 15 is 0 Å². The Kier molecular flexibility index (Phi) is 8.34. The summed E-state index contributed by atoms with van der Waals surface area (Å²) in [5, 5.41) is 34.9. The van der Waals surface area contributed by atoms with Gasteiger partial charge in [0, 0.05) is 13.0 Å². The predicted molar refractivity (Wildman–Crippen MR) is 99.1 cm³/mol. The van der Waals surface area contributed by atoms with Gasteiger partial charge in [-0.25, -0.2) is 0 Å². The number of benzene rings is 1. The van der Waals surface area contributed by atoms with Crippen LogP contribution in [0, 0.1) is 0 Å². The molecule has 6 atom stereocenters. The Morgan fingerprint density at radius 1 is 1.25 bits per heavy atom. The number of hydrogen-bond donors (Lipinski definition) is 5. The number of hydrogen-bond acceptors (Lipinski definition) is 7. The molecule has 1 heterocycles. The van der Waals surface area contributed by atoms with E-state index < -0.39 is 49.1 Å². The van der Waals surface area contributed by atoms with Gasteiger partial charge in [-0.15, -0.1) is 0 Å². The highest BCUT2D eigenvalue weighted by Crippen LogP contribution is 2.22. The topological polar surface area (TPSA) is 137 Å². The van der Waals surface area contributed by atoms with E-state index in [1.54, 1.807) is 0 Å². The third-order valence-electron chi connectivity index (χ3n) is 4.44. The summed E-state index contributed by atoms with van der Waals surface area (Å²) in [4.78, 5) is 23.6. The molecule has 28 heavy (non-hydrogen) atoms. The molecule has 1 aromatic rings. The van der Waals surface area contributed by atoms with Crippen molar-refractivity contribution in [1.29, 1.82) is 0 Å². The molecule has 0 aliphatic carbocycles. The first-order valence-electron chi connectivity index (χ1n) is 9.16. The maximum atomic E-state index is 12.2. The van der Waals surface area contributed by atoms with Crippen LogP contribution in [0.2, 0.25) is 0 Å². The molecular weight excluding hydrogens is 368 g/mol. The van der Waals surface area contributed by atoms with Crippen molar-refractivity contribution in [2.75, 3.05) is 13.2 Å². The molecule has 1 aliphatic rings. The van der Waals surface area contributed by atoms with E-state index in [-0.39, 0.29) is 12.6 Å². The lowest BCUT2D eigenvalue weighted by Crippen LogP contribution is -2.65. The summed E-state index contributed by atoms with van der Waals surface area (Å²) in [7, 11) is 0. The number of carbonyl (C=O) groups excluding carboxylic acids is 2. The zero-order valence-corrected chi connectivity index (χ0v) is 15.9. The van der Waals surface area contributed by atoms with Crippen molar-refractivity contribution in [3.8, 4) is 0 Å². The van der Waals surface area contributed by atoms with E-state index in [4.69, 9.17) is 9.47 Å². The monoisotopic (exact) mass is 396 g/mol. The molecule has 1 saturated heterocycles. The summed E-state index contributed by atoms with van der Waals surface area (Å²) < 4.78 is 10.6. The van der Waals surface area contributed by atoms with Crippen molar-refractivity contribution in [3.05, 3.63) is 35.9 Å². The third-order valence-corrected chi connectivity index (χ3v) is 4.44. The molecule has 156 valence electrons. The van der Waals surface area contributed by atoms with Crippen LogP contribution in [0.15, 0.2) is 30.3 Å². The Hall–Kier alpha value is -2.04. The second-order valence-electron chi connectivity index (χ2n) is 6.90. The number of nitrogens with one attached hydrogen (secondary N) is 2. The van der Waals surface area contributed by atoms with Crippen molar-refractivity contribution in [2.45, 2.75) is 57.0 Å². The molecule has 9 nitrogen and oxygen atoms in total. The van der Waals surface area contributed by atoms with E-state index in [9.17, 15) is 24.9 Å². The lowest BCUT2D eigenvalue weighted by Gasteiger charge is -2.42. The molecule has 1 aliphatic heterocycles. The maximum Gasteiger partial charge on any atom is 0.246 e. The van der Waals surface area contributed by atoms with Crippen LogP contribution in [0.4, 0.5) is 0 Å². The van der Waals surface area contributed by atoms with Crippen LogP contribution in [0.1, 0.15) is 19.4 Å². The zero-order chi connectivity index (χ0) is 20.7. The minimum absolute atomic E-state index is 0.139. The number of aliphatic hydroxyl groups excluding tert-OH is 3. The van der Waals surface area contributed by atoms with E-state index in [1.165, 1.54) is 6.92 Å². The van der Waals surface area contributed by atoms with E-state index in [2.05, 4.69) is 10.6 Å². The average Bonchev–Trinajstić information content (AvgIpc) is 2.64. The van der Waals surface area contributed by atoms with Crippen molar-refractivity contribution in [1.82, 2.24) is 10.6 Å². The van der Waals surface area contributed by atoms with Gasteiger partial charge in [0.2, 0.25) is 11.8 Å². The molecule has 0 radical (unpaired) electrons. The third kappa shape index (κ3) is 6.25. The standard InChI is InChI=1S/C19H28N2O7/c1-11(8-13-6-4-3-5-7-13)20-15(24)10-27-18-16(21-12(2)23)19(26)28-14(9-22)17(18)25/h3-7,11,14,16-19,22,25-26H,8-10H2,1-2H3,(H,20,24)(H,21,23)/t11?,14-,16-,17-,18-,19?/m1/s1. The van der Waals surface area contributed by atoms with Gasteiger partial charge in [0.15, 0.2) is 6.29 Å². The molecule has 2 rings (SSSR count).